The van der Waals surface area contributed by atoms with Crippen molar-refractivity contribution >= 4 is 47.2 Å². The van der Waals surface area contributed by atoms with Gasteiger partial charge in [-0.05, 0) is 84.3 Å². The van der Waals surface area contributed by atoms with Crippen molar-refractivity contribution in [3.05, 3.63) is 120 Å². The van der Waals surface area contributed by atoms with Crippen LogP contribution >= 0.6 is 0 Å². The zero-order valence-electron chi connectivity index (χ0n) is 26.6. The minimum atomic E-state index is -0.488. The minimum absolute atomic E-state index is 0.0684. The van der Waals surface area contributed by atoms with Gasteiger partial charge in [0.1, 0.15) is 12.1 Å². The van der Waals surface area contributed by atoms with Crippen molar-refractivity contribution in [2.24, 2.45) is 0 Å². The molecule has 4 aromatic rings. The Balaban J connectivity index is 0.985. The Bertz CT molecular complexity index is 1630. The number of pyridine rings is 2. The maximum Gasteiger partial charge on any atom is 0.247 e. The highest BCUT2D eigenvalue weighted by Crippen LogP contribution is 2.23. The zero-order chi connectivity index (χ0) is 33.3. The molecule has 4 heterocycles. The van der Waals surface area contributed by atoms with Crippen LogP contribution in [0.15, 0.2) is 97.6 Å². The number of benzene rings is 2. The Morgan fingerprint density at radius 2 is 1.04 bits per heavy atom. The second-order valence-corrected chi connectivity index (χ2v) is 12.1. The lowest BCUT2D eigenvalue weighted by Gasteiger charge is -2.24. The summed E-state index contributed by atoms with van der Waals surface area (Å²) in [6.07, 6.45) is 14.0. The van der Waals surface area contributed by atoms with E-state index < -0.39 is 12.1 Å². The number of rotatable bonds is 10. The first-order valence-electron chi connectivity index (χ1n) is 16.3. The molecule has 2 aromatic heterocycles. The number of aromatic nitrogens is 2. The molecule has 0 bridgehead atoms. The van der Waals surface area contributed by atoms with Gasteiger partial charge in [0.25, 0.3) is 0 Å². The lowest BCUT2D eigenvalue weighted by Crippen LogP contribution is -2.43. The standard InChI is InChI=1S/C38H38N6O4/c45-35(23-29-5-1-19-39-25-29)43-21-3-7-33(43)37(47)41-31-15-11-27(12-16-31)9-10-28-13-17-32(18-14-28)42-38(48)34-8-4-22-44(34)36(46)24-30-6-2-20-40-26-30/h1-2,5-6,9-20,25-26,33-34H,3-4,7-8,21-24H2,(H,41,47)(H,42,48)/b10-9+/t33-,34-/m1/s1. The minimum Gasteiger partial charge on any atom is -0.330 e. The van der Waals surface area contributed by atoms with Crippen molar-refractivity contribution < 1.29 is 19.2 Å². The second-order valence-electron chi connectivity index (χ2n) is 12.1. The van der Waals surface area contributed by atoms with Crippen LogP contribution in [0.3, 0.4) is 0 Å². The summed E-state index contributed by atoms with van der Waals surface area (Å²) < 4.78 is 0. The summed E-state index contributed by atoms with van der Waals surface area (Å²) in [5.74, 6) is -0.499. The summed E-state index contributed by atoms with van der Waals surface area (Å²) in [6, 6.07) is 21.4. The Morgan fingerprint density at radius 3 is 1.42 bits per heavy atom. The van der Waals surface area contributed by atoms with Crippen molar-refractivity contribution in [1.82, 2.24) is 19.8 Å². The molecule has 0 unspecified atom stereocenters. The molecule has 2 fully saturated rings. The molecule has 2 saturated heterocycles. The number of hydrogen-bond acceptors (Lipinski definition) is 6. The monoisotopic (exact) mass is 642 g/mol. The van der Waals surface area contributed by atoms with Crippen LogP contribution < -0.4 is 10.6 Å². The molecule has 0 aliphatic carbocycles. The predicted octanol–water partition coefficient (Wildman–Crippen LogP) is 4.99. The van der Waals surface area contributed by atoms with E-state index in [2.05, 4.69) is 20.6 Å². The summed E-state index contributed by atoms with van der Waals surface area (Å²) >= 11 is 0. The Kier molecular flexibility index (Phi) is 10.3. The van der Waals surface area contributed by atoms with Gasteiger partial charge in [0, 0.05) is 49.3 Å². The van der Waals surface area contributed by atoms with E-state index in [9.17, 15) is 19.2 Å². The van der Waals surface area contributed by atoms with Crippen LogP contribution in [0.2, 0.25) is 0 Å². The first kappa shape index (κ1) is 32.3. The van der Waals surface area contributed by atoms with E-state index >= 15 is 0 Å². The van der Waals surface area contributed by atoms with Gasteiger partial charge in [-0.3, -0.25) is 29.1 Å². The molecule has 10 nitrogen and oxygen atoms in total. The Hall–Kier alpha value is -5.64. The maximum absolute atomic E-state index is 13.1. The molecular weight excluding hydrogens is 604 g/mol. The van der Waals surface area contributed by atoms with Crippen LogP contribution in [-0.2, 0) is 32.0 Å². The fraction of sp³-hybridized carbons (Fsp3) is 0.263. The summed E-state index contributed by atoms with van der Waals surface area (Å²) in [5.41, 5.74) is 4.91. The third kappa shape index (κ3) is 8.19. The first-order valence-corrected chi connectivity index (χ1v) is 16.3. The third-order valence-corrected chi connectivity index (χ3v) is 8.73. The van der Waals surface area contributed by atoms with E-state index in [1.165, 1.54) is 0 Å². The van der Waals surface area contributed by atoms with Gasteiger partial charge in [0.15, 0.2) is 0 Å². The molecule has 6 rings (SSSR count). The number of anilines is 2. The van der Waals surface area contributed by atoms with Crippen molar-refractivity contribution in [2.45, 2.75) is 50.6 Å². The number of carbonyl (C=O) groups excluding carboxylic acids is 4. The van der Waals surface area contributed by atoms with Gasteiger partial charge in [-0.25, -0.2) is 0 Å². The third-order valence-electron chi connectivity index (χ3n) is 8.73. The zero-order valence-corrected chi connectivity index (χ0v) is 26.6. The number of likely N-dealkylation sites (tertiary alicyclic amines) is 2. The Morgan fingerprint density at radius 1 is 0.625 bits per heavy atom. The molecule has 2 aromatic carbocycles. The number of hydrogen-bond donors (Lipinski definition) is 2. The fourth-order valence-corrected chi connectivity index (χ4v) is 6.23. The molecule has 0 radical (unpaired) electrons. The summed E-state index contributed by atoms with van der Waals surface area (Å²) in [4.78, 5) is 63.5. The van der Waals surface area contributed by atoms with Crippen LogP contribution in [0.1, 0.15) is 47.9 Å². The number of nitrogens with zero attached hydrogens (tertiary/aromatic N) is 4. The van der Waals surface area contributed by atoms with Crippen molar-refractivity contribution in [3.8, 4) is 0 Å². The predicted molar refractivity (Wildman–Crippen MR) is 184 cm³/mol. The van der Waals surface area contributed by atoms with E-state index in [1.54, 1.807) is 46.7 Å². The Labute approximate surface area is 279 Å². The van der Waals surface area contributed by atoms with Gasteiger partial charge >= 0.3 is 0 Å². The summed E-state index contributed by atoms with van der Waals surface area (Å²) in [5, 5.41) is 5.93. The molecule has 0 saturated carbocycles. The van der Waals surface area contributed by atoms with Crippen molar-refractivity contribution in [1.29, 1.82) is 0 Å². The topological polar surface area (TPSA) is 125 Å². The van der Waals surface area contributed by atoms with E-state index in [1.807, 2.05) is 72.8 Å². The smallest absolute Gasteiger partial charge is 0.247 e. The van der Waals surface area contributed by atoms with Crippen LogP contribution in [0, 0.1) is 0 Å². The van der Waals surface area contributed by atoms with Gasteiger partial charge in [-0.15, -0.1) is 0 Å². The molecule has 2 atom stereocenters. The van der Waals surface area contributed by atoms with E-state index in [0.29, 0.717) is 37.3 Å². The molecule has 0 spiro atoms. The average Bonchev–Trinajstić information content (AvgIpc) is 3.81. The van der Waals surface area contributed by atoms with Gasteiger partial charge in [0.05, 0.1) is 12.8 Å². The van der Waals surface area contributed by atoms with E-state index in [-0.39, 0.29) is 36.5 Å². The normalized spacial score (nSPS) is 17.4. The first-order chi connectivity index (χ1) is 23.4. The van der Waals surface area contributed by atoms with Crippen LogP contribution in [0.4, 0.5) is 11.4 Å². The summed E-state index contributed by atoms with van der Waals surface area (Å²) in [6.45, 7) is 1.14. The van der Waals surface area contributed by atoms with Gasteiger partial charge in [-0.2, -0.15) is 0 Å². The van der Waals surface area contributed by atoms with Crippen LogP contribution in [-0.4, -0.2) is 68.6 Å². The molecular formula is C38H38N6O4. The second kappa shape index (κ2) is 15.3. The van der Waals surface area contributed by atoms with E-state index in [4.69, 9.17) is 0 Å². The average molecular weight is 643 g/mol. The molecule has 2 aliphatic heterocycles. The van der Waals surface area contributed by atoms with Gasteiger partial charge < -0.3 is 20.4 Å². The molecule has 2 aliphatic rings. The quantitative estimate of drug-likeness (QED) is 0.235. The number of carbonyl (C=O) groups is 4. The van der Waals surface area contributed by atoms with Crippen molar-refractivity contribution in [3.63, 3.8) is 0 Å². The van der Waals surface area contributed by atoms with Gasteiger partial charge in [0.2, 0.25) is 23.6 Å². The number of nitrogens with one attached hydrogen (secondary N) is 2. The molecule has 2 N–H and O–H groups in total. The highest BCUT2D eigenvalue weighted by molar-refractivity contribution is 5.98. The molecule has 48 heavy (non-hydrogen) atoms. The maximum atomic E-state index is 13.1. The lowest BCUT2D eigenvalue weighted by atomic mass is 10.1. The highest BCUT2D eigenvalue weighted by Gasteiger charge is 2.35. The SMILES string of the molecule is O=C(Nc1ccc(/C=C/c2ccc(NC(=O)[C@H]3CCCN3C(=O)Cc3cccnc3)cc2)cc1)[C@H]1CCCN1C(=O)Cc1cccnc1. The van der Waals surface area contributed by atoms with Crippen LogP contribution in [0.25, 0.3) is 12.2 Å². The van der Waals surface area contributed by atoms with E-state index in [0.717, 1.165) is 35.1 Å². The fourth-order valence-electron chi connectivity index (χ4n) is 6.23. The lowest BCUT2D eigenvalue weighted by molar-refractivity contribution is -0.136. The highest BCUT2D eigenvalue weighted by atomic mass is 16.2. The molecule has 10 heteroatoms. The number of amides is 4. The van der Waals surface area contributed by atoms with Crippen LogP contribution in [0.5, 0.6) is 0 Å². The molecule has 244 valence electrons. The molecule has 4 amide bonds. The largest absolute Gasteiger partial charge is 0.330 e. The van der Waals surface area contributed by atoms with Crippen molar-refractivity contribution in [2.75, 3.05) is 23.7 Å². The van der Waals surface area contributed by atoms with Gasteiger partial charge in [-0.1, -0.05) is 48.6 Å². The summed E-state index contributed by atoms with van der Waals surface area (Å²) in [7, 11) is 0.